The summed E-state index contributed by atoms with van der Waals surface area (Å²) in [4.78, 5) is 15.5. The van der Waals surface area contributed by atoms with Gasteiger partial charge in [0.25, 0.3) is 0 Å². The molecule has 0 bridgehead atoms. The quantitative estimate of drug-likeness (QED) is 0.433. The second kappa shape index (κ2) is 8.16. The number of fused-ring (bicyclic) bond motifs is 1. The lowest BCUT2D eigenvalue weighted by atomic mass is 10.1. The Hall–Kier alpha value is -4.01. The number of hydrogen-bond acceptors (Lipinski definition) is 6. The van der Waals surface area contributed by atoms with Crippen LogP contribution in [0.2, 0.25) is 0 Å². The number of aryl methyl sites for hydroxylation is 1. The number of aromatic nitrogens is 4. The molecule has 2 aromatic carbocycles. The molecule has 5 rings (SSSR count). The van der Waals surface area contributed by atoms with E-state index in [1.165, 1.54) is 18.2 Å². The summed E-state index contributed by atoms with van der Waals surface area (Å²) >= 11 is 0. The van der Waals surface area contributed by atoms with E-state index < -0.39 is 5.82 Å². The summed E-state index contributed by atoms with van der Waals surface area (Å²) in [5, 5.41) is 6.26. The lowest BCUT2D eigenvalue weighted by Gasteiger charge is -2.19. The van der Waals surface area contributed by atoms with E-state index in [2.05, 4.69) is 27.5 Å². The Morgan fingerprint density at radius 3 is 2.52 bits per heavy atom. The fourth-order valence-corrected chi connectivity index (χ4v) is 4.14. The van der Waals surface area contributed by atoms with Crippen molar-refractivity contribution in [3.8, 4) is 5.69 Å². The van der Waals surface area contributed by atoms with Crippen molar-refractivity contribution in [2.24, 2.45) is 0 Å². The third kappa shape index (κ3) is 3.86. The van der Waals surface area contributed by atoms with Crippen molar-refractivity contribution in [1.29, 1.82) is 0 Å². The van der Waals surface area contributed by atoms with Gasteiger partial charge in [-0.05, 0) is 49.4 Å². The molecule has 2 N–H and O–H groups in total. The molecule has 0 fully saturated rings. The summed E-state index contributed by atoms with van der Waals surface area (Å²) in [7, 11) is 1.81. The first-order chi connectivity index (χ1) is 15.9. The molecule has 7 nitrogen and oxygen atoms in total. The smallest absolute Gasteiger partial charge is 0.231 e. The summed E-state index contributed by atoms with van der Waals surface area (Å²) in [5.41, 5.74) is 3.57. The predicted molar refractivity (Wildman–Crippen MR) is 125 cm³/mol. The monoisotopic (exact) mass is 447 g/mol. The Bertz CT molecular complexity index is 1320. The molecule has 9 heteroatoms. The summed E-state index contributed by atoms with van der Waals surface area (Å²) in [5.74, 6) is 1.27. The van der Waals surface area contributed by atoms with Gasteiger partial charge < -0.3 is 20.1 Å². The Kier molecular flexibility index (Phi) is 5.16. The maximum atomic E-state index is 14.8. The van der Waals surface area contributed by atoms with Crippen molar-refractivity contribution in [2.75, 3.05) is 29.1 Å². The van der Waals surface area contributed by atoms with Crippen LogP contribution in [-0.4, -0.2) is 33.1 Å². The van der Waals surface area contributed by atoms with Crippen LogP contribution in [0.3, 0.4) is 0 Å². The summed E-state index contributed by atoms with van der Waals surface area (Å²) < 4.78 is 29.9. The van der Waals surface area contributed by atoms with E-state index in [1.807, 2.05) is 11.8 Å². The fourth-order valence-electron chi connectivity index (χ4n) is 4.14. The van der Waals surface area contributed by atoms with Crippen LogP contribution < -0.4 is 15.5 Å². The fraction of sp³-hybridized carbons (Fsp3) is 0.208. The van der Waals surface area contributed by atoms with Crippen LogP contribution >= 0.6 is 0 Å². The lowest BCUT2D eigenvalue weighted by molar-refractivity contribution is 0.618. The first kappa shape index (κ1) is 20.9. The van der Waals surface area contributed by atoms with E-state index in [1.54, 1.807) is 48.4 Å². The van der Waals surface area contributed by atoms with Gasteiger partial charge in [0.05, 0.1) is 17.7 Å². The number of imidazole rings is 1. The van der Waals surface area contributed by atoms with Crippen LogP contribution in [-0.2, 0) is 0 Å². The van der Waals surface area contributed by atoms with Gasteiger partial charge in [0.2, 0.25) is 5.95 Å². The normalized spacial score (nSPS) is 14.9. The van der Waals surface area contributed by atoms with Gasteiger partial charge in [-0.2, -0.15) is 9.97 Å². The standard InChI is InChI=1S/C24H23F2N7/c1-14-11-33(18-7-4-16(25)5-8-18)23-21(14)22(27-3)30-24(31-23)29-17-6-9-20(19(26)10-17)32-12-15(2)28-13-32/h4-10,12-14H,11H2,1-3H3,(H2,27,29,30,31). The van der Waals surface area contributed by atoms with Gasteiger partial charge in [0, 0.05) is 42.6 Å². The Labute approximate surface area is 190 Å². The summed E-state index contributed by atoms with van der Waals surface area (Å²) in [6.07, 6.45) is 3.34. The van der Waals surface area contributed by atoms with E-state index in [4.69, 9.17) is 4.98 Å². The first-order valence-corrected chi connectivity index (χ1v) is 10.6. The predicted octanol–water partition coefficient (Wildman–Crippen LogP) is 5.29. The Morgan fingerprint density at radius 2 is 1.85 bits per heavy atom. The zero-order chi connectivity index (χ0) is 23.1. The van der Waals surface area contributed by atoms with Crippen LogP contribution in [0, 0.1) is 18.6 Å². The van der Waals surface area contributed by atoms with Gasteiger partial charge >= 0.3 is 0 Å². The topological polar surface area (TPSA) is 70.9 Å². The molecule has 0 radical (unpaired) electrons. The zero-order valence-corrected chi connectivity index (χ0v) is 18.5. The highest BCUT2D eigenvalue weighted by Crippen LogP contribution is 2.43. The molecule has 0 saturated heterocycles. The lowest BCUT2D eigenvalue weighted by Crippen LogP contribution is -2.16. The van der Waals surface area contributed by atoms with E-state index in [-0.39, 0.29) is 11.7 Å². The highest BCUT2D eigenvalue weighted by molar-refractivity contribution is 5.75. The van der Waals surface area contributed by atoms with Crippen molar-refractivity contribution < 1.29 is 8.78 Å². The third-order valence-electron chi connectivity index (χ3n) is 5.70. The van der Waals surface area contributed by atoms with Crippen molar-refractivity contribution >= 4 is 29.0 Å². The molecule has 0 amide bonds. The molecule has 0 spiro atoms. The molecule has 1 aliphatic heterocycles. The number of halogens is 2. The molecule has 0 saturated carbocycles. The van der Waals surface area contributed by atoms with E-state index in [9.17, 15) is 8.78 Å². The van der Waals surface area contributed by atoms with Gasteiger partial charge in [-0.1, -0.05) is 6.92 Å². The molecule has 2 aromatic heterocycles. The Morgan fingerprint density at radius 1 is 1.06 bits per heavy atom. The average molecular weight is 447 g/mol. The highest BCUT2D eigenvalue weighted by atomic mass is 19.1. The van der Waals surface area contributed by atoms with Crippen LogP contribution in [0.4, 0.5) is 37.7 Å². The molecule has 168 valence electrons. The first-order valence-electron chi connectivity index (χ1n) is 10.6. The molecule has 1 atom stereocenters. The van der Waals surface area contributed by atoms with Gasteiger partial charge in [-0.3, -0.25) is 0 Å². The van der Waals surface area contributed by atoms with Crippen molar-refractivity contribution in [1.82, 2.24) is 19.5 Å². The summed E-state index contributed by atoms with van der Waals surface area (Å²) in [6.45, 7) is 4.65. The number of benzene rings is 2. The third-order valence-corrected chi connectivity index (χ3v) is 5.70. The van der Waals surface area contributed by atoms with Gasteiger partial charge in [-0.15, -0.1) is 0 Å². The molecule has 1 aliphatic rings. The highest BCUT2D eigenvalue weighted by Gasteiger charge is 2.32. The molecule has 1 unspecified atom stereocenters. The number of anilines is 5. The van der Waals surface area contributed by atoms with Gasteiger partial charge in [0.1, 0.15) is 23.3 Å². The minimum Gasteiger partial charge on any atom is -0.373 e. The van der Waals surface area contributed by atoms with E-state index in [0.717, 1.165) is 22.8 Å². The van der Waals surface area contributed by atoms with Crippen LogP contribution in [0.1, 0.15) is 24.1 Å². The molecule has 4 aromatic rings. The number of rotatable bonds is 5. The van der Waals surface area contributed by atoms with Crippen molar-refractivity contribution in [3.05, 3.63) is 77.9 Å². The molecule has 3 heterocycles. The SMILES string of the molecule is CNc1nc(Nc2ccc(-n3cnc(C)c3)c(F)c2)nc2c1C(C)CN2c1ccc(F)cc1. The van der Waals surface area contributed by atoms with Crippen LogP contribution in [0.5, 0.6) is 0 Å². The van der Waals surface area contributed by atoms with Crippen LogP contribution in [0.25, 0.3) is 5.69 Å². The van der Waals surface area contributed by atoms with Gasteiger partial charge in [0.15, 0.2) is 0 Å². The number of nitrogens with one attached hydrogen (secondary N) is 2. The van der Waals surface area contributed by atoms with Gasteiger partial charge in [-0.25, -0.2) is 13.8 Å². The van der Waals surface area contributed by atoms with Crippen LogP contribution in [0.15, 0.2) is 55.0 Å². The second-order valence-corrected chi connectivity index (χ2v) is 8.08. The minimum absolute atomic E-state index is 0.178. The molecular formula is C24H23F2N7. The molecule has 33 heavy (non-hydrogen) atoms. The molecular weight excluding hydrogens is 424 g/mol. The number of nitrogens with zero attached hydrogens (tertiary/aromatic N) is 5. The second-order valence-electron chi connectivity index (χ2n) is 8.08. The van der Waals surface area contributed by atoms with E-state index in [0.29, 0.717) is 29.7 Å². The van der Waals surface area contributed by atoms with E-state index >= 15 is 0 Å². The maximum absolute atomic E-state index is 14.8. The number of hydrogen-bond donors (Lipinski definition) is 2. The average Bonchev–Trinajstić information content (AvgIpc) is 3.37. The van der Waals surface area contributed by atoms with Crippen molar-refractivity contribution in [3.63, 3.8) is 0 Å². The zero-order valence-electron chi connectivity index (χ0n) is 18.5. The molecule has 0 aliphatic carbocycles. The maximum Gasteiger partial charge on any atom is 0.231 e. The van der Waals surface area contributed by atoms with Crippen molar-refractivity contribution in [2.45, 2.75) is 19.8 Å². The minimum atomic E-state index is -0.394. The Balaban J connectivity index is 1.49. The largest absolute Gasteiger partial charge is 0.373 e. The summed E-state index contributed by atoms with van der Waals surface area (Å²) in [6, 6.07) is 11.2.